The molecule has 0 aromatic heterocycles. The average Bonchev–Trinajstić information content (AvgIpc) is 2.81. The Kier molecular flexibility index (Phi) is 5.96. The maximum atomic E-state index is 12.5. The Morgan fingerprint density at radius 2 is 1.97 bits per heavy atom. The molecule has 5 rings (SSSR count). The summed E-state index contributed by atoms with van der Waals surface area (Å²) in [6.07, 6.45) is 0.852. The number of rotatable bonds is 4. The number of anilines is 1. The molecule has 0 radical (unpaired) electrons. The van der Waals surface area contributed by atoms with Crippen LogP contribution in [0.5, 0.6) is 5.75 Å². The van der Waals surface area contributed by atoms with Gasteiger partial charge < -0.3 is 25.0 Å². The van der Waals surface area contributed by atoms with Gasteiger partial charge in [0.2, 0.25) is 5.91 Å². The number of aliphatic imine (C=N–C) groups is 1. The van der Waals surface area contributed by atoms with E-state index >= 15 is 0 Å². The number of hydrogen-bond acceptors (Lipinski definition) is 7. The normalized spacial score (nSPS) is 20.8. The minimum Gasteiger partial charge on any atom is -0.493 e. The summed E-state index contributed by atoms with van der Waals surface area (Å²) in [5.74, 6) is 0.917. The van der Waals surface area contributed by atoms with Crippen molar-refractivity contribution in [1.82, 2.24) is 15.1 Å². The number of carbonyl (C=O) groups excluding carboxylic acids is 1. The Bertz CT molecular complexity index is 1020. The van der Waals surface area contributed by atoms with Gasteiger partial charge in [-0.15, -0.1) is 0 Å². The van der Waals surface area contributed by atoms with E-state index in [4.69, 9.17) is 9.47 Å². The van der Waals surface area contributed by atoms with Crippen LogP contribution >= 0.6 is 0 Å². The van der Waals surface area contributed by atoms with E-state index in [1.807, 2.05) is 36.4 Å². The lowest BCUT2D eigenvalue weighted by Gasteiger charge is -2.31. The molecule has 2 aromatic rings. The van der Waals surface area contributed by atoms with E-state index in [9.17, 15) is 4.79 Å². The van der Waals surface area contributed by atoms with Crippen LogP contribution in [-0.2, 0) is 16.1 Å². The lowest BCUT2D eigenvalue weighted by Crippen LogP contribution is -2.47. The van der Waals surface area contributed by atoms with E-state index in [-0.39, 0.29) is 11.9 Å². The maximum absolute atomic E-state index is 12.5. The van der Waals surface area contributed by atoms with Gasteiger partial charge in [-0.1, -0.05) is 18.2 Å². The lowest BCUT2D eigenvalue weighted by molar-refractivity contribution is -0.117. The highest BCUT2D eigenvalue weighted by atomic mass is 16.5. The maximum Gasteiger partial charge on any atom is 0.290 e. The smallest absolute Gasteiger partial charge is 0.290 e. The third kappa shape index (κ3) is 4.71. The molecule has 1 fully saturated rings. The minimum absolute atomic E-state index is 0.00951. The van der Waals surface area contributed by atoms with Crippen LogP contribution in [0.2, 0.25) is 0 Å². The molecule has 32 heavy (non-hydrogen) atoms. The highest BCUT2D eigenvalue weighted by Crippen LogP contribution is 2.33. The number of amidine groups is 1. The van der Waals surface area contributed by atoms with E-state index in [2.05, 4.69) is 38.5 Å². The summed E-state index contributed by atoms with van der Waals surface area (Å²) in [6, 6.07) is 14.5. The predicted octanol–water partition coefficient (Wildman–Crippen LogP) is 2.50. The summed E-state index contributed by atoms with van der Waals surface area (Å²) in [4.78, 5) is 21.6. The zero-order valence-corrected chi connectivity index (χ0v) is 18.3. The van der Waals surface area contributed by atoms with Gasteiger partial charge in [-0.25, -0.2) is 0 Å². The summed E-state index contributed by atoms with van der Waals surface area (Å²) in [6.45, 7) is 5.33. The molecule has 3 aliphatic heterocycles. The molecule has 1 saturated heterocycles. The van der Waals surface area contributed by atoms with E-state index in [1.54, 1.807) is 0 Å². The fourth-order valence-corrected chi connectivity index (χ4v) is 4.30. The second kappa shape index (κ2) is 9.18. The van der Waals surface area contributed by atoms with Crippen molar-refractivity contribution in [2.45, 2.75) is 19.1 Å². The van der Waals surface area contributed by atoms with E-state index in [1.165, 1.54) is 0 Å². The monoisotopic (exact) mass is 435 g/mol. The molecule has 2 aromatic carbocycles. The van der Waals surface area contributed by atoms with Crippen molar-refractivity contribution < 1.29 is 14.3 Å². The molecule has 3 heterocycles. The molecule has 1 amide bonds. The minimum atomic E-state index is 0.00951. The van der Waals surface area contributed by atoms with Crippen molar-refractivity contribution in [3.05, 3.63) is 53.6 Å². The highest BCUT2D eigenvalue weighted by molar-refractivity contribution is 5.92. The largest absolute Gasteiger partial charge is 0.493 e. The number of nitrogens with one attached hydrogen (secondary N) is 2. The Morgan fingerprint density at radius 3 is 2.84 bits per heavy atom. The first-order valence-electron chi connectivity index (χ1n) is 11.2. The number of carbonyl (C=O) groups is 1. The lowest BCUT2D eigenvalue weighted by atomic mass is 10.0. The van der Waals surface area contributed by atoms with Gasteiger partial charge in [0.1, 0.15) is 12.4 Å². The van der Waals surface area contributed by atoms with Crippen LogP contribution in [0.15, 0.2) is 47.5 Å². The number of piperazine rings is 1. The molecule has 8 heteroatoms. The number of likely N-dealkylation sites (N-methyl/N-ethyl adjacent to an activating group) is 1. The van der Waals surface area contributed by atoms with Crippen molar-refractivity contribution in [3.63, 3.8) is 0 Å². The quantitative estimate of drug-likeness (QED) is 0.769. The van der Waals surface area contributed by atoms with Gasteiger partial charge in [0.05, 0.1) is 24.9 Å². The molecular weight excluding hydrogens is 406 g/mol. The molecule has 168 valence electrons. The SMILES string of the molecule is CN1CCN(CC(=O)Nc2ccc3c(c2)COC(NC2CCOc4ccccc42)=N3)CC1. The van der Waals surface area contributed by atoms with Crippen molar-refractivity contribution in [1.29, 1.82) is 0 Å². The first kappa shape index (κ1) is 20.8. The summed E-state index contributed by atoms with van der Waals surface area (Å²) in [7, 11) is 2.11. The van der Waals surface area contributed by atoms with E-state index < -0.39 is 0 Å². The molecule has 1 atom stereocenters. The van der Waals surface area contributed by atoms with Gasteiger partial charge in [0.25, 0.3) is 6.02 Å². The fourth-order valence-electron chi connectivity index (χ4n) is 4.30. The summed E-state index contributed by atoms with van der Waals surface area (Å²) in [5, 5.41) is 6.43. The Hall–Kier alpha value is -3.10. The Labute approximate surface area is 188 Å². The number of benzene rings is 2. The number of para-hydroxylation sites is 1. The number of fused-ring (bicyclic) bond motifs is 2. The summed E-state index contributed by atoms with van der Waals surface area (Å²) < 4.78 is 11.6. The van der Waals surface area contributed by atoms with Gasteiger partial charge in [-0.2, -0.15) is 4.99 Å². The van der Waals surface area contributed by atoms with Crippen molar-refractivity contribution in [2.75, 3.05) is 51.7 Å². The van der Waals surface area contributed by atoms with Gasteiger partial charge in [-0.05, 0) is 31.3 Å². The first-order valence-corrected chi connectivity index (χ1v) is 11.2. The van der Waals surface area contributed by atoms with Gasteiger partial charge in [-0.3, -0.25) is 9.69 Å². The molecule has 3 aliphatic rings. The molecule has 0 spiro atoms. The Balaban J connectivity index is 1.21. The number of nitrogens with zero attached hydrogens (tertiary/aromatic N) is 3. The second-order valence-electron chi connectivity index (χ2n) is 8.55. The second-order valence-corrected chi connectivity index (χ2v) is 8.55. The van der Waals surface area contributed by atoms with Gasteiger partial charge >= 0.3 is 0 Å². The Morgan fingerprint density at radius 1 is 1.12 bits per heavy atom. The van der Waals surface area contributed by atoms with E-state index in [0.717, 1.165) is 60.9 Å². The number of ether oxygens (including phenoxy) is 2. The van der Waals surface area contributed by atoms with Crippen LogP contribution in [0.1, 0.15) is 23.6 Å². The molecule has 0 saturated carbocycles. The van der Waals surface area contributed by atoms with Crippen LogP contribution in [0.25, 0.3) is 0 Å². The zero-order valence-electron chi connectivity index (χ0n) is 18.3. The number of amides is 1. The molecule has 1 unspecified atom stereocenters. The highest BCUT2D eigenvalue weighted by Gasteiger charge is 2.24. The van der Waals surface area contributed by atoms with Crippen molar-refractivity contribution in [3.8, 4) is 5.75 Å². The van der Waals surface area contributed by atoms with Gasteiger partial charge in [0.15, 0.2) is 0 Å². The first-order chi connectivity index (χ1) is 15.6. The number of hydrogen-bond donors (Lipinski definition) is 2. The summed E-state index contributed by atoms with van der Waals surface area (Å²) >= 11 is 0. The van der Waals surface area contributed by atoms with Crippen molar-refractivity contribution in [2.24, 2.45) is 4.99 Å². The average molecular weight is 436 g/mol. The third-order valence-corrected chi connectivity index (χ3v) is 6.17. The van der Waals surface area contributed by atoms with Gasteiger partial charge in [0, 0.05) is 49.4 Å². The topological polar surface area (TPSA) is 78.4 Å². The molecular formula is C24H29N5O3. The van der Waals surface area contributed by atoms with Crippen molar-refractivity contribution >= 4 is 23.3 Å². The van der Waals surface area contributed by atoms with Crippen LogP contribution in [0.3, 0.4) is 0 Å². The molecule has 0 aliphatic carbocycles. The van der Waals surface area contributed by atoms with Crippen LogP contribution < -0.4 is 15.4 Å². The van der Waals surface area contributed by atoms with Crippen LogP contribution in [0, 0.1) is 0 Å². The molecule has 0 bridgehead atoms. The summed E-state index contributed by atoms with van der Waals surface area (Å²) in [5.41, 5.74) is 3.71. The predicted molar refractivity (Wildman–Crippen MR) is 123 cm³/mol. The fraction of sp³-hybridized carbons (Fsp3) is 0.417. The molecule has 8 nitrogen and oxygen atoms in total. The zero-order chi connectivity index (χ0) is 21.9. The van der Waals surface area contributed by atoms with Crippen LogP contribution in [-0.4, -0.2) is 68.1 Å². The third-order valence-electron chi connectivity index (χ3n) is 6.17. The van der Waals surface area contributed by atoms with E-state index in [0.29, 0.717) is 25.8 Å². The molecule has 2 N–H and O–H groups in total. The van der Waals surface area contributed by atoms with Crippen LogP contribution in [0.4, 0.5) is 11.4 Å². The standard InChI is InChI=1S/C24H29N5O3/c1-28-9-11-29(12-10-28)15-23(30)25-18-6-7-20-17(14-18)16-32-24(26-20)27-21-8-13-31-22-5-3-2-4-19(21)22/h2-7,14,21H,8-13,15-16H2,1H3,(H,25,30)(H,26,27).